The van der Waals surface area contributed by atoms with Crippen molar-refractivity contribution in [3.8, 4) is 0 Å². The minimum Gasteiger partial charge on any atom is -0.550 e. The Labute approximate surface area is 215 Å². The average molecular weight is 454 g/mol. The van der Waals surface area contributed by atoms with Crippen molar-refractivity contribution in [1.29, 1.82) is 0 Å². The molecule has 30 heavy (non-hydrogen) atoms. The Balaban J connectivity index is -0.000000288. The Morgan fingerprint density at radius 2 is 0.733 bits per heavy atom. The quantitative estimate of drug-likeness (QED) is 0.178. The third-order valence-corrected chi connectivity index (χ3v) is 2.70. The van der Waals surface area contributed by atoms with Gasteiger partial charge in [0.05, 0.1) is 26.2 Å². The Kier molecular flexibility index (Phi) is 25.3. The number of carbonyl (C=O) groups excluding carboxylic acids is 2. The van der Waals surface area contributed by atoms with Crippen LogP contribution >= 0.6 is 0 Å². The number of carboxylic acids is 6. The van der Waals surface area contributed by atoms with Crippen molar-refractivity contribution >= 4 is 35.8 Å². The molecule has 0 saturated heterocycles. The number of hydrogen-bond donors (Lipinski definition) is 4. The second-order valence-electron chi connectivity index (χ2n) is 5.24. The van der Waals surface area contributed by atoms with Gasteiger partial charge in [-0.15, -0.1) is 0 Å². The zero-order valence-electron chi connectivity index (χ0n) is 16.6. The first kappa shape index (κ1) is 36.1. The van der Waals surface area contributed by atoms with Crippen LogP contribution in [0.2, 0.25) is 0 Å². The SMILES string of the molecule is O=C(O)CN(CCN(CC(=O)O)CC(=O)O)CC(=O)O.O=C([O-])CCC(=O)[O-].[Na+].[Na+]. The van der Waals surface area contributed by atoms with Gasteiger partial charge in [-0.3, -0.25) is 29.0 Å². The normalized spacial score (nSPS) is 9.40. The molecule has 0 aliphatic heterocycles. The van der Waals surface area contributed by atoms with Crippen LogP contribution in [0, 0.1) is 0 Å². The van der Waals surface area contributed by atoms with E-state index in [0.29, 0.717) is 0 Å². The molecule has 0 heterocycles. The fourth-order valence-electron chi connectivity index (χ4n) is 1.68. The number of rotatable bonds is 14. The molecule has 14 nitrogen and oxygen atoms in total. The number of hydrogen-bond acceptors (Lipinski definition) is 10. The molecule has 0 aromatic carbocycles. The minimum absolute atomic E-state index is 0. The Bertz CT molecular complexity index is 505. The summed E-state index contributed by atoms with van der Waals surface area (Å²) in [7, 11) is 0. The van der Waals surface area contributed by atoms with Gasteiger partial charge in [0.2, 0.25) is 0 Å². The van der Waals surface area contributed by atoms with E-state index in [0.717, 1.165) is 9.80 Å². The summed E-state index contributed by atoms with van der Waals surface area (Å²) in [6, 6.07) is 0. The van der Waals surface area contributed by atoms with E-state index in [9.17, 15) is 39.0 Å². The molecule has 16 heteroatoms. The van der Waals surface area contributed by atoms with Crippen molar-refractivity contribution < 1.29 is 119 Å². The zero-order valence-corrected chi connectivity index (χ0v) is 20.6. The van der Waals surface area contributed by atoms with Gasteiger partial charge in [-0.2, -0.15) is 0 Å². The number of aliphatic carboxylic acids is 6. The first-order chi connectivity index (χ1) is 12.8. The first-order valence-electron chi connectivity index (χ1n) is 7.55. The fourth-order valence-corrected chi connectivity index (χ4v) is 1.68. The van der Waals surface area contributed by atoms with E-state index in [1.807, 2.05) is 0 Å². The van der Waals surface area contributed by atoms with Crippen molar-refractivity contribution in [1.82, 2.24) is 9.80 Å². The summed E-state index contributed by atoms with van der Waals surface area (Å²) in [6.45, 7) is -2.25. The molecule has 0 spiro atoms. The van der Waals surface area contributed by atoms with Gasteiger partial charge in [-0.05, 0) is 12.8 Å². The van der Waals surface area contributed by atoms with Crippen molar-refractivity contribution in [3.63, 3.8) is 0 Å². The van der Waals surface area contributed by atoms with Gasteiger partial charge in [0.25, 0.3) is 0 Å². The van der Waals surface area contributed by atoms with E-state index in [2.05, 4.69) is 0 Å². The van der Waals surface area contributed by atoms with Crippen LogP contribution in [0.25, 0.3) is 0 Å². The largest absolute Gasteiger partial charge is 1.00 e. The smallest absolute Gasteiger partial charge is 0.550 e. The fraction of sp³-hybridized carbons (Fsp3) is 0.571. The van der Waals surface area contributed by atoms with Crippen LogP contribution in [-0.2, 0) is 28.8 Å². The van der Waals surface area contributed by atoms with Crippen LogP contribution in [0.4, 0.5) is 0 Å². The van der Waals surface area contributed by atoms with Crippen molar-refractivity contribution in [3.05, 3.63) is 0 Å². The third-order valence-electron chi connectivity index (χ3n) is 2.70. The van der Waals surface area contributed by atoms with Crippen molar-refractivity contribution in [2.24, 2.45) is 0 Å². The summed E-state index contributed by atoms with van der Waals surface area (Å²) in [6.07, 6.45) is -0.940. The second-order valence-corrected chi connectivity index (χ2v) is 5.24. The maximum Gasteiger partial charge on any atom is 1.00 e. The zero-order chi connectivity index (χ0) is 22.3. The predicted molar refractivity (Wildman–Crippen MR) is 82.7 cm³/mol. The van der Waals surface area contributed by atoms with E-state index in [4.69, 9.17) is 20.4 Å². The van der Waals surface area contributed by atoms with Gasteiger partial charge < -0.3 is 40.2 Å². The van der Waals surface area contributed by atoms with Gasteiger partial charge in [0.15, 0.2) is 0 Å². The summed E-state index contributed by atoms with van der Waals surface area (Å²) in [5.74, 6) is -7.64. The molecular formula is C14H20N2Na2O12. The molecular weight excluding hydrogens is 434 g/mol. The Morgan fingerprint density at radius 1 is 0.533 bits per heavy atom. The van der Waals surface area contributed by atoms with Crippen LogP contribution in [0.1, 0.15) is 12.8 Å². The van der Waals surface area contributed by atoms with E-state index < -0.39 is 74.8 Å². The predicted octanol–water partition coefficient (Wildman–Crippen LogP) is -10.8. The van der Waals surface area contributed by atoms with E-state index >= 15 is 0 Å². The average Bonchev–Trinajstić information content (AvgIpc) is 2.48. The van der Waals surface area contributed by atoms with Gasteiger partial charge in [-0.1, -0.05) is 0 Å². The van der Waals surface area contributed by atoms with Crippen LogP contribution < -0.4 is 69.3 Å². The number of carboxylic acid groups (broad SMARTS) is 6. The van der Waals surface area contributed by atoms with E-state index in [1.165, 1.54) is 0 Å². The Hall–Kier alpha value is -1.26. The molecule has 4 N–H and O–H groups in total. The van der Waals surface area contributed by atoms with Gasteiger partial charge >= 0.3 is 83.0 Å². The standard InChI is InChI=1S/C10H16N2O8.C4H6O4.2Na/c13-7(14)3-11(4-8(15)16)1-2-12(5-9(17)18)6-10(19)20;5-3(6)1-2-4(7)8;;/h1-6H2,(H,13,14)(H,15,16)(H,17,18)(H,19,20);1-2H2,(H,5,6)(H,7,8);;/q;;2*+1/p-2. The van der Waals surface area contributed by atoms with Gasteiger partial charge in [0.1, 0.15) is 0 Å². The maximum atomic E-state index is 10.6. The summed E-state index contributed by atoms with van der Waals surface area (Å²) < 4.78 is 0. The Morgan fingerprint density at radius 3 is 0.867 bits per heavy atom. The molecule has 0 aliphatic rings. The number of carbonyl (C=O) groups is 6. The summed E-state index contributed by atoms with van der Waals surface area (Å²) >= 11 is 0. The first-order valence-corrected chi connectivity index (χ1v) is 7.55. The van der Waals surface area contributed by atoms with E-state index in [1.54, 1.807) is 0 Å². The van der Waals surface area contributed by atoms with Crippen LogP contribution in [0.5, 0.6) is 0 Å². The minimum atomic E-state index is -1.37. The van der Waals surface area contributed by atoms with Gasteiger partial charge in [0, 0.05) is 25.0 Å². The molecule has 0 rings (SSSR count). The molecule has 0 atom stereocenters. The molecule has 0 aromatic rings. The third kappa shape index (κ3) is 28.9. The summed E-state index contributed by atoms with van der Waals surface area (Å²) in [4.78, 5) is 63.4. The maximum absolute atomic E-state index is 10.6. The second kappa shape index (κ2) is 21.0. The monoisotopic (exact) mass is 454 g/mol. The molecule has 0 unspecified atom stereocenters. The molecule has 0 amide bonds. The molecule has 0 radical (unpaired) electrons. The molecule has 0 saturated carbocycles. The van der Waals surface area contributed by atoms with E-state index in [-0.39, 0.29) is 72.2 Å². The van der Waals surface area contributed by atoms with Gasteiger partial charge in [-0.25, -0.2) is 0 Å². The molecule has 0 bridgehead atoms. The molecule has 0 fully saturated rings. The molecule has 160 valence electrons. The molecule has 0 aromatic heterocycles. The van der Waals surface area contributed by atoms with Crippen molar-refractivity contribution in [2.45, 2.75) is 12.8 Å². The summed E-state index contributed by atoms with van der Waals surface area (Å²) in [5.41, 5.74) is 0. The van der Waals surface area contributed by atoms with Crippen molar-refractivity contribution in [2.75, 3.05) is 39.3 Å². The topological polar surface area (TPSA) is 236 Å². The summed E-state index contributed by atoms with van der Waals surface area (Å²) in [5, 5.41) is 53.5. The van der Waals surface area contributed by atoms with Crippen LogP contribution in [0.3, 0.4) is 0 Å². The van der Waals surface area contributed by atoms with Crippen LogP contribution in [0.15, 0.2) is 0 Å². The number of nitrogens with zero attached hydrogens (tertiary/aromatic N) is 2. The van der Waals surface area contributed by atoms with Crippen LogP contribution in [-0.4, -0.2) is 105 Å². The molecule has 0 aliphatic carbocycles.